The minimum atomic E-state index is -0.0673. The summed E-state index contributed by atoms with van der Waals surface area (Å²) in [5.41, 5.74) is 2.31. The monoisotopic (exact) mass is 230 g/mol. The Hall–Kier alpha value is -1.57. The molecule has 0 radical (unpaired) electrons. The Balaban J connectivity index is 2.05. The van der Waals surface area contributed by atoms with Crippen LogP contribution in [0.2, 0.25) is 0 Å². The Morgan fingerprint density at radius 1 is 1.35 bits per heavy atom. The van der Waals surface area contributed by atoms with Gasteiger partial charge in [-0.1, -0.05) is 36.8 Å². The third-order valence-corrected chi connectivity index (χ3v) is 3.24. The van der Waals surface area contributed by atoms with Crippen molar-refractivity contribution in [3.8, 4) is 0 Å². The van der Waals surface area contributed by atoms with Gasteiger partial charge < -0.3 is 4.74 Å². The van der Waals surface area contributed by atoms with Crippen LogP contribution in [0.5, 0.6) is 0 Å². The van der Waals surface area contributed by atoms with E-state index in [1.54, 1.807) is 0 Å². The molecule has 1 heterocycles. The first-order valence-electron chi connectivity index (χ1n) is 6.18. The highest BCUT2D eigenvalue weighted by atomic mass is 16.5. The number of cyclic esters (lactones) is 1. The minimum absolute atomic E-state index is 0.0650. The van der Waals surface area contributed by atoms with E-state index in [1.807, 2.05) is 30.3 Å². The SMILES string of the molecule is C=CCCCCC1C(=O)OCc2ccccc21. The summed E-state index contributed by atoms with van der Waals surface area (Å²) in [4.78, 5) is 11.8. The summed E-state index contributed by atoms with van der Waals surface area (Å²) in [7, 11) is 0. The molecule has 2 nitrogen and oxygen atoms in total. The maximum Gasteiger partial charge on any atom is 0.313 e. The third kappa shape index (κ3) is 2.76. The lowest BCUT2D eigenvalue weighted by Crippen LogP contribution is -2.22. The summed E-state index contributed by atoms with van der Waals surface area (Å²) >= 11 is 0. The van der Waals surface area contributed by atoms with E-state index in [9.17, 15) is 4.79 Å². The van der Waals surface area contributed by atoms with Gasteiger partial charge in [0, 0.05) is 0 Å². The number of hydrogen-bond acceptors (Lipinski definition) is 2. The van der Waals surface area contributed by atoms with E-state index in [1.165, 1.54) is 0 Å². The normalized spacial score (nSPS) is 18.4. The van der Waals surface area contributed by atoms with Crippen LogP contribution in [0.3, 0.4) is 0 Å². The zero-order chi connectivity index (χ0) is 12.1. The summed E-state index contributed by atoms with van der Waals surface area (Å²) < 4.78 is 5.21. The number of carbonyl (C=O) groups excluding carboxylic acids is 1. The topological polar surface area (TPSA) is 26.3 Å². The maximum absolute atomic E-state index is 11.8. The summed E-state index contributed by atoms with van der Waals surface area (Å²) in [6.07, 6.45) is 5.95. The molecule has 90 valence electrons. The molecular weight excluding hydrogens is 212 g/mol. The Bertz CT molecular complexity index is 409. The van der Waals surface area contributed by atoms with Crippen molar-refractivity contribution in [2.75, 3.05) is 0 Å². The van der Waals surface area contributed by atoms with E-state index in [0.717, 1.165) is 36.8 Å². The molecule has 2 heteroatoms. The fourth-order valence-corrected chi connectivity index (χ4v) is 2.29. The van der Waals surface area contributed by atoms with Crippen molar-refractivity contribution >= 4 is 5.97 Å². The van der Waals surface area contributed by atoms with Gasteiger partial charge in [-0.2, -0.15) is 0 Å². The van der Waals surface area contributed by atoms with Crippen molar-refractivity contribution in [1.82, 2.24) is 0 Å². The molecule has 2 rings (SSSR count). The largest absolute Gasteiger partial charge is 0.460 e. The lowest BCUT2D eigenvalue weighted by molar-refractivity contribution is -0.148. The molecule has 0 aromatic heterocycles. The summed E-state index contributed by atoms with van der Waals surface area (Å²) in [5.74, 6) is -0.132. The lowest BCUT2D eigenvalue weighted by Gasteiger charge is -2.24. The molecule has 17 heavy (non-hydrogen) atoms. The number of ether oxygens (including phenoxy) is 1. The molecule has 1 aromatic rings. The number of esters is 1. The highest BCUT2D eigenvalue weighted by Gasteiger charge is 2.28. The van der Waals surface area contributed by atoms with Crippen molar-refractivity contribution in [3.63, 3.8) is 0 Å². The van der Waals surface area contributed by atoms with Crippen LogP contribution in [0, 0.1) is 0 Å². The van der Waals surface area contributed by atoms with Gasteiger partial charge in [0.1, 0.15) is 6.61 Å². The van der Waals surface area contributed by atoms with Crippen LogP contribution in [0.1, 0.15) is 42.7 Å². The van der Waals surface area contributed by atoms with Crippen molar-refractivity contribution in [2.45, 2.75) is 38.2 Å². The van der Waals surface area contributed by atoms with Crippen LogP contribution in [-0.4, -0.2) is 5.97 Å². The number of unbranched alkanes of at least 4 members (excludes halogenated alkanes) is 2. The summed E-state index contributed by atoms with van der Waals surface area (Å²) in [6.45, 7) is 4.13. The van der Waals surface area contributed by atoms with Gasteiger partial charge in [-0.25, -0.2) is 0 Å². The molecule has 1 aromatic carbocycles. The van der Waals surface area contributed by atoms with E-state index in [2.05, 4.69) is 6.58 Å². The van der Waals surface area contributed by atoms with Crippen LogP contribution in [0.4, 0.5) is 0 Å². The molecule has 1 aliphatic heterocycles. The fourth-order valence-electron chi connectivity index (χ4n) is 2.29. The minimum Gasteiger partial charge on any atom is -0.460 e. The van der Waals surface area contributed by atoms with E-state index in [-0.39, 0.29) is 11.9 Å². The van der Waals surface area contributed by atoms with E-state index in [4.69, 9.17) is 4.74 Å². The molecule has 0 fully saturated rings. The first-order chi connectivity index (χ1) is 8.33. The second-order valence-corrected chi connectivity index (χ2v) is 4.43. The molecule has 0 bridgehead atoms. The molecule has 1 unspecified atom stereocenters. The zero-order valence-corrected chi connectivity index (χ0v) is 10.0. The van der Waals surface area contributed by atoms with E-state index >= 15 is 0 Å². The van der Waals surface area contributed by atoms with Crippen LogP contribution >= 0.6 is 0 Å². The number of fused-ring (bicyclic) bond motifs is 1. The molecule has 0 spiro atoms. The van der Waals surface area contributed by atoms with Crippen LogP contribution in [-0.2, 0) is 16.1 Å². The van der Waals surface area contributed by atoms with E-state index in [0.29, 0.717) is 6.61 Å². The highest BCUT2D eigenvalue weighted by molar-refractivity contribution is 5.80. The molecule has 0 amide bonds. The quantitative estimate of drug-likeness (QED) is 0.439. The second-order valence-electron chi connectivity index (χ2n) is 4.43. The van der Waals surface area contributed by atoms with Gasteiger partial charge in [0.05, 0.1) is 5.92 Å². The lowest BCUT2D eigenvalue weighted by atomic mass is 9.88. The molecule has 0 saturated carbocycles. The molecular formula is C15H18O2. The number of rotatable bonds is 5. The number of benzene rings is 1. The van der Waals surface area contributed by atoms with Gasteiger partial charge in [0.2, 0.25) is 0 Å². The second kappa shape index (κ2) is 5.67. The van der Waals surface area contributed by atoms with Gasteiger partial charge in [-0.15, -0.1) is 6.58 Å². The van der Waals surface area contributed by atoms with Gasteiger partial charge >= 0.3 is 5.97 Å². The standard InChI is InChI=1S/C15H18O2/c1-2-3-4-5-10-14-13-9-7-6-8-12(13)11-17-15(14)16/h2,6-9,14H,1,3-5,10-11H2. The highest BCUT2D eigenvalue weighted by Crippen LogP contribution is 2.31. The Labute approximate surface area is 102 Å². The molecule has 0 saturated heterocycles. The predicted molar refractivity (Wildman–Crippen MR) is 67.6 cm³/mol. The van der Waals surface area contributed by atoms with Crippen LogP contribution in [0.25, 0.3) is 0 Å². The van der Waals surface area contributed by atoms with Gasteiger partial charge in [0.15, 0.2) is 0 Å². The summed E-state index contributed by atoms with van der Waals surface area (Å²) in [5, 5.41) is 0. The average molecular weight is 230 g/mol. The predicted octanol–water partition coefficient (Wildman–Crippen LogP) is 3.57. The van der Waals surface area contributed by atoms with Gasteiger partial charge in [-0.05, 0) is 30.4 Å². The molecule has 1 atom stereocenters. The van der Waals surface area contributed by atoms with Crippen molar-refractivity contribution in [2.24, 2.45) is 0 Å². The van der Waals surface area contributed by atoms with Crippen LogP contribution < -0.4 is 0 Å². The van der Waals surface area contributed by atoms with Gasteiger partial charge in [0.25, 0.3) is 0 Å². The zero-order valence-electron chi connectivity index (χ0n) is 10.0. The molecule has 0 N–H and O–H groups in total. The number of hydrogen-bond donors (Lipinski definition) is 0. The van der Waals surface area contributed by atoms with E-state index < -0.39 is 0 Å². The van der Waals surface area contributed by atoms with Crippen molar-refractivity contribution < 1.29 is 9.53 Å². The Kier molecular flexibility index (Phi) is 3.97. The number of carbonyl (C=O) groups is 1. The Morgan fingerprint density at radius 2 is 2.18 bits per heavy atom. The molecule has 0 aliphatic carbocycles. The maximum atomic E-state index is 11.8. The van der Waals surface area contributed by atoms with Gasteiger partial charge in [-0.3, -0.25) is 4.79 Å². The first kappa shape index (κ1) is 11.9. The van der Waals surface area contributed by atoms with Crippen LogP contribution in [0.15, 0.2) is 36.9 Å². The average Bonchev–Trinajstić information content (AvgIpc) is 2.37. The van der Waals surface area contributed by atoms with Crippen molar-refractivity contribution in [1.29, 1.82) is 0 Å². The summed E-state index contributed by atoms with van der Waals surface area (Å²) in [6, 6.07) is 8.08. The first-order valence-corrected chi connectivity index (χ1v) is 6.18. The Morgan fingerprint density at radius 3 is 3.00 bits per heavy atom. The van der Waals surface area contributed by atoms with Crippen molar-refractivity contribution in [3.05, 3.63) is 48.0 Å². The number of allylic oxidation sites excluding steroid dienone is 1. The fraction of sp³-hybridized carbons (Fsp3) is 0.400. The molecule has 1 aliphatic rings. The third-order valence-electron chi connectivity index (χ3n) is 3.24. The smallest absolute Gasteiger partial charge is 0.313 e.